The average Bonchev–Trinajstić information content (AvgIpc) is 2.99. The molecular weight excluding hydrogens is 416 g/mol. The van der Waals surface area contributed by atoms with Crippen LogP contribution in [0.5, 0.6) is 0 Å². The molecule has 0 unspecified atom stereocenters. The normalized spacial score (nSPS) is 11.9. The number of cyclic esters (lactones) is 2. The molecule has 0 saturated carbocycles. The molecule has 172 valence electrons. The van der Waals surface area contributed by atoms with Gasteiger partial charge in [0.05, 0.1) is 29.9 Å². The summed E-state index contributed by atoms with van der Waals surface area (Å²) in [6.45, 7) is 3.69. The molecular formula is C20H26O11. The molecule has 0 atom stereocenters. The van der Waals surface area contributed by atoms with E-state index in [-0.39, 0.29) is 48.2 Å². The van der Waals surface area contributed by atoms with Crippen molar-refractivity contribution in [2.75, 3.05) is 13.2 Å². The van der Waals surface area contributed by atoms with Crippen LogP contribution < -0.4 is 0 Å². The minimum absolute atomic E-state index is 0.00917. The maximum Gasteiger partial charge on any atom is 0.346 e. The zero-order valence-electron chi connectivity index (χ0n) is 17.2. The highest BCUT2D eigenvalue weighted by molar-refractivity contribution is 6.15. The molecule has 5 N–H and O–H groups in total. The number of aliphatic hydroxyl groups excluding tert-OH is 2. The third-order valence-corrected chi connectivity index (χ3v) is 3.78. The lowest BCUT2D eigenvalue weighted by Gasteiger charge is -2.16. The van der Waals surface area contributed by atoms with E-state index in [9.17, 15) is 24.0 Å². The van der Waals surface area contributed by atoms with Gasteiger partial charge < -0.3 is 30.3 Å². The van der Waals surface area contributed by atoms with Gasteiger partial charge in [-0.05, 0) is 31.0 Å². The predicted octanol–water partition coefficient (Wildman–Crippen LogP) is 1.41. The number of aliphatic hydroxyl groups is 2. The van der Waals surface area contributed by atoms with E-state index >= 15 is 0 Å². The second-order valence-corrected chi connectivity index (χ2v) is 7.22. The monoisotopic (exact) mass is 442 g/mol. The number of esters is 2. The van der Waals surface area contributed by atoms with E-state index in [1.165, 1.54) is 12.1 Å². The Morgan fingerprint density at radius 2 is 1.29 bits per heavy atom. The van der Waals surface area contributed by atoms with Crippen LogP contribution in [-0.2, 0) is 14.3 Å². The number of carbonyl (C=O) groups excluding carboxylic acids is 2. The molecule has 11 heteroatoms. The number of carboxylic acid groups (broad SMARTS) is 3. The Morgan fingerprint density at radius 3 is 1.65 bits per heavy atom. The first-order valence-corrected chi connectivity index (χ1v) is 9.13. The van der Waals surface area contributed by atoms with Crippen LogP contribution >= 0.6 is 0 Å². The van der Waals surface area contributed by atoms with Crippen LogP contribution in [-0.4, -0.2) is 68.6 Å². The van der Waals surface area contributed by atoms with Crippen molar-refractivity contribution >= 4 is 29.8 Å². The molecule has 1 aliphatic heterocycles. The SMILES string of the molecule is CC(C)(CO)CO.O=C(O)CCCCC(=O)O.O=C(O)c1ccc2c(c1)C(=O)OC2=O. The molecule has 0 radical (unpaired) electrons. The molecule has 1 aliphatic rings. The molecule has 0 spiro atoms. The van der Waals surface area contributed by atoms with Crippen molar-refractivity contribution in [3.8, 4) is 0 Å². The molecule has 0 aromatic heterocycles. The molecule has 0 fully saturated rings. The van der Waals surface area contributed by atoms with Gasteiger partial charge in [-0.1, -0.05) is 13.8 Å². The van der Waals surface area contributed by atoms with E-state index in [1.54, 1.807) is 13.8 Å². The number of rotatable bonds is 8. The van der Waals surface area contributed by atoms with Crippen LogP contribution in [0.15, 0.2) is 18.2 Å². The van der Waals surface area contributed by atoms with Gasteiger partial charge in [-0.3, -0.25) is 9.59 Å². The highest BCUT2D eigenvalue weighted by Gasteiger charge is 2.30. The summed E-state index contributed by atoms with van der Waals surface area (Å²) in [5.74, 6) is -4.43. The standard InChI is InChI=1S/C9H4O5.C6H10O4.C5H12O2/c10-7(11)4-1-2-5-6(3-4)9(13)14-8(5)12;7-5(8)3-1-2-4-6(9)10;1-5(2,3-6)4-7/h1-3H,(H,10,11);1-4H2,(H,7,8)(H,9,10);6-7H,3-4H2,1-2H3. The first kappa shape index (κ1) is 27.7. The van der Waals surface area contributed by atoms with Crippen molar-refractivity contribution in [3.63, 3.8) is 0 Å². The van der Waals surface area contributed by atoms with Gasteiger partial charge in [0.1, 0.15) is 0 Å². The fourth-order valence-corrected chi connectivity index (χ4v) is 1.82. The zero-order valence-corrected chi connectivity index (χ0v) is 17.2. The Morgan fingerprint density at radius 1 is 0.839 bits per heavy atom. The fraction of sp³-hybridized carbons (Fsp3) is 0.450. The van der Waals surface area contributed by atoms with Crippen LogP contribution in [0.1, 0.15) is 70.6 Å². The van der Waals surface area contributed by atoms with Crippen LogP contribution in [0.2, 0.25) is 0 Å². The van der Waals surface area contributed by atoms with Gasteiger partial charge in [0.15, 0.2) is 0 Å². The maximum absolute atomic E-state index is 11.0. The number of aliphatic carboxylic acids is 2. The highest BCUT2D eigenvalue weighted by Crippen LogP contribution is 2.21. The third-order valence-electron chi connectivity index (χ3n) is 3.78. The summed E-state index contributed by atoms with van der Waals surface area (Å²) in [6, 6.07) is 3.65. The summed E-state index contributed by atoms with van der Waals surface area (Å²) in [4.78, 5) is 52.3. The van der Waals surface area contributed by atoms with Crippen LogP contribution in [0.3, 0.4) is 0 Å². The Hall–Kier alpha value is -3.31. The Bertz CT molecular complexity index is 789. The molecule has 0 saturated heterocycles. The average molecular weight is 442 g/mol. The number of aromatic carboxylic acids is 1. The van der Waals surface area contributed by atoms with Gasteiger partial charge in [0.2, 0.25) is 0 Å². The molecule has 2 rings (SSSR count). The summed E-state index contributed by atoms with van der Waals surface area (Å²) in [5.41, 5.74) is -0.231. The van der Waals surface area contributed by atoms with E-state index in [1.807, 2.05) is 0 Å². The van der Waals surface area contributed by atoms with Crippen LogP contribution in [0, 0.1) is 5.41 Å². The van der Waals surface area contributed by atoms with Gasteiger partial charge in [0.25, 0.3) is 0 Å². The van der Waals surface area contributed by atoms with Crippen molar-refractivity contribution < 1.29 is 54.2 Å². The minimum Gasteiger partial charge on any atom is -0.481 e. The summed E-state index contributed by atoms with van der Waals surface area (Å²) in [5, 5.41) is 41.8. The third kappa shape index (κ3) is 10.9. The number of unbranched alkanes of at least 4 members (excludes halogenated alkanes) is 1. The number of fused-ring (bicyclic) bond motifs is 1. The van der Waals surface area contributed by atoms with E-state index in [0.29, 0.717) is 12.8 Å². The summed E-state index contributed by atoms with van der Waals surface area (Å²) in [7, 11) is 0. The molecule has 0 bridgehead atoms. The lowest BCUT2D eigenvalue weighted by Crippen LogP contribution is -2.20. The Balaban J connectivity index is 0.000000468. The summed E-state index contributed by atoms with van der Waals surface area (Å²) < 4.78 is 4.30. The van der Waals surface area contributed by atoms with Crippen LogP contribution in [0.25, 0.3) is 0 Å². The van der Waals surface area contributed by atoms with Crippen molar-refractivity contribution in [2.24, 2.45) is 5.41 Å². The largest absolute Gasteiger partial charge is 0.481 e. The van der Waals surface area contributed by atoms with Gasteiger partial charge >= 0.3 is 29.8 Å². The highest BCUT2D eigenvalue weighted by atomic mass is 16.6. The number of benzene rings is 1. The molecule has 1 aromatic carbocycles. The van der Waals surface area contributed by atoms with Crippen molar-refractivity contribution in [3.05, 3.63) is 34.9 Å². The van der Waals surface area contributed by atoms with Gasteiger partial charge in [-0.25, -0.2) is 14.4 Å². The second kappa shape index (κ2) is 13.1. The van der Waals surface area contributed by atoms with Crippen LogP contribution in [0.4, 0.5) is 0 Å². The van der Waals surface area contributed by atoms with Crippen molar-refractivity contribution in [2.45, 2.75) is 39.5 Å². The molecule has 11 nitrogen and oxygen atoms in total. The Kier molecular flexibility index (Phi) is 11.7. The number of carbonyl (C=O) groups is 5. The number of ether oxygens (including phenoxy) is 1. The van der Waals surface area contributed by atoms with E-state index in [2.05, 4.69) is 4.74 Å². The number of hydrogen-bond acceptors (Lipinski definition) is 8. The zero-order chi connectivity index (χ0) is 24.2. The molecule has 31 heavy (non-hydrogen) atoms. The summed E-state index contributed by atoms with van der Waals surface area (Å²) >= 11 is 0. The molecule has 0 aliphatic carbocycles. The maximum atomic E-state index is 11.0. The smallest absolute Gasteiger partial charge is 0.346 e. The van der Waals surface area contributed by atoms with E-state index in [4.69, 9.17) is 25.5 Å². The quantitative estimate of drug-likeness (QED) is 0.222. The van der Waals surface area contributed by atoms with E-state index < -0.39 is 29.8 Å². The Labute approximate surface area is 177 Å². The topological polar surface area (TPSA) is 196 Å². The molecule has 1 heterocycles. The lowest BCUT2D eigenvalue weighted by molar-refractivity contribution is -0.139. The van der Waals surface area contributed by atoms with Gasteiger partial charge in [0, 0.05) is 18.3 Å². The van der Waals surface area contributed by atoms with E-state index in [0.717, 1.165) is 6.07 Å². The minimum atomic E-state index is -1.15. The molecule has 0 amide bonds. The first-order chi connectivity index (χ1) is 14.3. The summed E-state index contributed by atoms with van der Waals surface area (Å²) in [6.07, 6.45) is 1.02. The first-order valence-electron chi connectivity index (χ1n) is 9.13. The molecule has 1 aromatic rings. The fourth-order valence-electron chi connectivity index (χ4n) is 1.82. The van der Waals surface area contributed by atoms with Gasteiger partial charge in [-0.2, -0.15) is 0 Å². The number of hydrogen-bond donors (Lipinski definition) is 5. The number of carboxylic acids is 3. The van der Waals surface area contributed by atoms with Crippen molar-refractivity contribution in [1.29, 1.82) is 0 Å². The van der Waals surface area contributed by atoms with Gasteiger partial charge in [-0.15, -0.1) is 0 Å². The second-order valence-electron chi connectivity index (χ2n) is 7.22. The lowest BCUT2D eigenvalue weighted by atomic mass is 9.97. The van der Waals surface area contributed by atoms with Crippen molar-refractivity contribution in [1.82, 2.24) is 0 Å². The predicted molar refractivity (Wildman–Crippen MR) is 105 cm³/mol.